The Labute approximate surface area is 132 Å². The highest BCUT2D eigenvalue weighted by molar-refractivity contribution is 14.1. The van der Waals surface area contributed by atoms with E-state index in [1.165, 1.54) is 14.7 Å². The summed E-state index contributed by atoms with van der Waals surface area (Å²) in [5, 5.41) is 4.50. The quantitative estimate of drug-likeness (QED) is 0.672. The van der Waals surface area contributed by atoms with Gasteiger partial charge in [0.25, 0.3) is 0 Å². The van der Waals surface area contributed by atoms with E-state index in [-0.39, 0.29) is 6.04 Å². The number of rotatable bonds is 3. The highest BCUT2D eigenvalue weighted by Gasteiger charge is 2.17. The zero-order valence-electron chi connectivity index (χ0n) is 11.5. The summed E-state index contributed by atoms with van der Waals surface area (Å²) in [7, 11) is 1.96. The normalized spacial score (nSPS) is 12.8. The van der Waals surface area contributed by atoms with Crippen molar-refractivity contribution in [2.75, 3.05) is 7.05 Å². The second-order valence-electron chi connectivity index (χ2n) is 4.97. The Bertz CT molecular complexity index is 748. The molecule has 2 aromatic carbocycles. The van der Waals surface area contributed by atoms with Crippen molar-refractivity contribution in [1.29, 1.82) is 0 Å². The molecule has 3 aromatic rings. The van der Waals surface area contributed by atoms with E-state index < -0.39 is 0 Å². The Morgan fingerprint density at radius 1 is 1.10 bits per heavy atom. The largest absolute Gasteiger partial charge is 0.459 e. The third-order valence-corrected chi connectivity index (χ3v) is 4.12. The lowest BCUT2D eigenvalue weighted by Crippen LogP contribution is -2.16. The highest BCUT2D eigenvalue weighted by Crippen LogP contribution is 2.29. The maximum Gasteiger partial charge on any atom is 0.134 e. The predicted octanol–water partition coefficient (Wildman–Crippen LogP) is 4.65. The molecule has 0 bridgehead atoms. The molecule has 0 saturated carbocycles. The van der Waals surface area contributed by atoms with Crippen molar-refractivity contribution in [3.8, 4) is 0 Å². The molecule has 0 fully saturated rings. The molecule has 1 aromatic heterocycles. The summed E-state index contributed by atoms with van der Waals surface area (Å²) >= 11 is 2.33. The van der Waals surface area contributed by atoms with Crippen molar-refractivity contribution in [1.82, 2.24) is 5.32 Å². The van der Waals surface area contributed by atoms with Gasteiger partial charge in [-0.15, -0.1) is 0 Å². The Morgan fingerprint density at radius 2 is 1.95 bits per heavy atom. The summed E-state index contributed by atoms with van der Waals surface area (Å²) in [6.45, 7) is 2.10. The molecule has 102 valence electrons. The molecular weight excluding hydrogens is 361 g/mol. The van der Waals surface area contributed by atoms with Crippen LogP contribution in [0.3, 0.4) is 0 Å². The molecule has 0 aliphatic carbocycles. The van der Waals surface area contributed by atoms with Gasteiger partial charge >= 0.3 is 0 Å². The number of nitrogens with one attached hydrogen (secondary N) is 1. The van der Waals surface area contributed by atoms with Crippen LogP contribution in [0.1, 0.15) is 22.9 Å². The molecule has 0 aliphatic heterocycles. The van der Waals surface area contributed by atoms with E-state index in [1.807, 2.05) is 13.1 Å². The van der Waals surface area contributed by atoms with Crippen LogP contribution >= 0.6 is 22.6 Å². The average molecular weight is 377 g/mol. The van der Waals surface area contributed by atoms with Crippen molar-refractivity contribution < 1.29 is 4.42 Å². The Balaban J connectivity index is 2.07. The van der Waals surface area contributed by atoms with Crippen molar-refractivity contribution in [2.45, 2.75) is 13.0 Å². The molecular formula is C17H16INO. The second-order valence-corrected chi connectivity index (χ2v) is 6.21. The minimum atomic E-state index is 0.0809. The number of hydrogen-bond donors (Lipinski definition) is 1. The van der Waals surface area contributed by atoms with Crippen LogP contribution in [-0.4, -0.2) is 7.05 Å². The zero-order chi connectivity index (χ0) is 14.1. The van der Waals surface area contributed by atoms with Crippen LogP contribution in [-0.2, 0) is 0 Å². The Hall–Kier alpha value is -1.33. The van der Waals surface area contributed by atoms with Crippen LogP contribution in [0, 0.1) is 10.5 Å². The van der Waals surface area contributed by atoms with Gasteiger partial charge in [-0.05, 0) is 72.5 Å². The summed E-state index contributed by atoms with van der Waals surface area (Å²) in [5.41, 5.74) is 3.41. The van der Waals surface area contributed by atoms with Crippen LogP contribution in [0.25, 0.3) is 11.0 Å². The first kappa shape index (κ1) is 13.6. The van der Waals surface area contributed by atoms with Gasteiger partial charge in [-0.1, -0.05) is 23.8 Å². The van der Waals surface area contributed by atoms with Crippen molar-refractivity contribution in [2.24, 2.45) is 0 Å². The summed E-state index contributed by atoms with van der Waals surface area (Å²) in [4.78, 5) is 0. The molecule has 3 rings (SSSR count). The van der Waals surface area contributed by atoms with E-state index in [4.69, 9.17) is 4.42 Å². The van der Waals surface area contributed by atoms with Crippen molar-refractivity contribution >= 4 is 33.6 Å². The lowest BCUT2D eigenvalue weighted by Gasteiger charge is -2.14. The monoisotopic (exact) mass is 377 g/mol. The molecule has 1 unspecified atom stereocenters. The zero-order valence-corrected chi connectivity index (χ0v) is 13.6. The number of halogens is 1. The molecule has 0 aliphatic rings. The second kappa shape index (κ2) is 5.58. The van der Waals surface area contributed by atoms with Gasteiger partial charge in [-0.25, -0.2) is 0 Å². The predicted molar refractivity (Wildman–Crippen MR) is 91.0 cm³/mol. The van der Waals surface area contributed by atoms with Crippen LogP contribution < -0.4 is 5.32 Å². The number of hydrogen-bond acceptors (Lipinski definition) is 2. The van der Waals surface area contributed by atoms with Crippen LogP contribution in [0.4, 0.5) is 0 Å². The van der Waals surface area contributed by atoms with E-state index in [1.54, 1.807) is 0 Å². The molecule has 0 amide bonds. The molecule has 1 N–H and O–H groups in total. The van der Waals surface area contributed by atoms with Gasteiger partial charge in [0.05, 0.1) is 6.04 Å². The van der Waals surface area contributed by atoms with E-state index >= 15 is 0 Å². The van der Waals surface area contributed by atoms with Gasteiger partial charge in [-0.2, -0.15) is 0 Å². The summed E-state index contributed by atoms with van der Waals surface area (Å²) in [6, 6.07) is 17.0. The highest BCUT2D eigenvalue weighted by atomic mass is 127. The number of benzene rings is 2. The smallest absolute Gasteiger partial charge is 0.134 e. The number of aryl methyl sites for hydroxylation is 1. The first-order valence-corrected chi connectivity index (χ1v) is 7.68. The number of furan rings is 1. The van der Waals surface area contributed by atoms with Gasteiger partial charge in [0.15, 0.2) is 0 Å². The minimum Gasteiger partial charge on any atom is -0.459 e. The third kappa shape index (κ3) is 2.60. The lowest BCUT2D eigenvalue weighted by molar-refractivity contribution is 0.491. The van der Waals surface area contributed by atoms with E-state index in [9.17, 15) is 0 Å². The van der Waals surface area contributed by atoms with E-state index in [2.05, 4.69) is 77.3 Å². The fraction of sp³-hybridized carbons (Fsp3) is 0.176. The lowest BCUT2D eigenvalue weighted by atomic mass is 10.0. The molecule has 20 heavy (non-hydrogen) atoms. The van der Waals surface area contributed by atoms with E-state index in [0.717, 1.165) is 16.7 Å². The summed E-state index contributed by atoms with van der Waals surface area (Å²) < 4.78 is 7.23. The van der Waals surface area contributed by atoms with Gasteiger partial charge in [0.1, 0.15) is 11.3 Å². The van der Waals surface area contributed by atoms with Crippen molar-refractivity contribution in [3.05, 3.63) is 69.0 Å². The minimum absolute atomic E-state index is 0.0809. The van der Waals surface area contributed by atoms with Gasteiger partial charge < -0.3 is 9.73 Å². The molecule has 0 saturated heterocycles. The first-order chi connectivity index (χ1) is 9.67. The molecule has 1 atom stereocenters. The Morgan fingerprint density at radius 3 is 2.70 bits per heavy atom. The molecule has 0 radical (unpaired) electrons. The SMILES string of the molecule is CNC(c1cccc(I)c1)c1cc2cc(C)ccc2o1. The van der Waals surface area contributed by atoms with Crippen molar-refractivity contribution in [3.63, 3.8) is 0 Å². The topological polar surface area (TPSA) is 25.2 Å². The van der Waals surface area contributed by atoms with Gasteiger partial charge in [0.2, 0.25) is 0 Å². The molecule has 2 nitrogen and oxygen atoms in total. The molecule has 3 heteroatoms. The molecule has 0 spiro atoms. The fourth-order valence-corrected chi connectivity index (χ4v) is 3.05. The maximum atomic E-state index is 6.01. The maximum absolute atomic E-state index is 6.01. The Kier molecular flexibility index (Phi) is 3.81. The van der Waals surface area contributed by atoms with Gasteiger partial charge in [0, 0.05) is 8.96 Å². The van der Waals surface area contributed by atoms with Crippen LogP contribution in [0.2, 0.25) is 0 Å². The first-order valence-electron chi connectivity index (χ1n) is 6.60. The molecule has 1 heterocycles. The summed E-state index contributed by atoms with van der Waals surface area (Å²) in [6.07, 6.45) is 0. The number of fused-ring (bicyclic) bond motifs is 1. The van der Waals surface area contributed by atoms with E-state index in [0.29, 0.717) is 0 Å². The standard InChI is InChI=1S/C17H16INO/c1-11-6-7-15-13(8-11)10-16(20-15)17(19-2)12-4-3-5-14(18)9-12/h3-10,17,19H,1-2H3. The fourth-order valence-electron chi connectivity index (χ4n) is 2.48. The average Bonchev–Trinajstić information content (AvgIpc) is 2.82. The summed E-state index contributed by atoms with van der Waals surface area (Å²) in [5.74, 6) is 0.954. The van der Waals surface area contributed by atoms with Gasteiger partial charge in [-0.3, -0.25) is 0 Å². The third-order valence-electron chi connectivity index (χ3n) is 3.45. The van der Waals surface area contributed by atoms with Crippen LogP contribution in [0.5, 0.6) is 0 Å². The van der Waals surface area contributed by atoms with Crippen LogP contribution in [0.15, 0.2) is 52.9 Å².